The van der Waals surface area contributed by atoms with Gasteiger partial charge in [-0.05, 0) is 24.6 Å². The summed E-state index contributed by atoms with van der Waals surface area (Å²) in [5.74, 6) is -0.462. The molecule has 0 amide bonds. The zero-order chi connectivity index (χ0) is 14.5. The number of benzene rings is 1. The van der Waals surface area contributed by atoms with E-state index in [-0.39, 0.29) is 30.1 Å². The Morgan fingerprint density at radius 3 is 2.32 bits per heavy atom. The lowest BCUT2D eigenvalue weighted by Crippen LogP contribution is -2.13. The van der Waals surface area contributed by atoms with Crippen molar-refractivity contribution in [3.63, 3.8) is 0 Å². The van der Waals surface area contributed by atoms with E-state index < -0.39 is 15.8 Å². The molecule has 1 rings (SSSR count). The van der Waals surface area contributed by atoms with Crippen LogP contribution in [-0.2, 0) is 14.6 Å². The molecule has 4 N–H and O–H groups in total. The van der Waals surface area contributed by atoms with Crippen molar-refractivity contribution in [2.24, 2.45) is 0 Å². The minimum absolute atomic E-state index is 0.00977. The van der Waals surface area contributed by atoms with Crippen LogP contribution in [0.3, 0.4) is 0 Å². The fourth-order valence-electron chi connectivity index (χ4n) is 1.47. The maximum Gasteiger partial charge on any atom is 0.338 e. The van der Waals surface area contributed by atoms with Crippen LogP contribution in [0.5, 0.6) is 0 Å². The lowest BCUT2D eigenvalue weighted by Gasteiger charge is -2.06. The summed E-state index contributed by atoms with van der Waals surface area (Å²) < 4.78 is 27.4. The van der Waals surface area contributed by atoms with E-state index in [2.05, 4.69) is 0 Å². The fraction of sp³-hybridized carbons (Fsp3) is 0.417. The molecule has 0 bridgehead atoms. The second-order valence-corrected chi connectivity index (χ2v) is 6.59. The van der Waals surface area contributed by atoms with Gasteiger partial charge in [-0.25, -0.2) is 13.2 Å². The molecule has 0 saturated carbocycles. The zero-order valence-electron chi connectivity index (χ0n) is 10.8. The molecule has 106 valence electrons. The van der Waals surface area contributed by atoms with Crippen LogP contribution in [0.2, 0.25) is 0 Å². The summed E-state index contributed by atoms with van der Waals surface area (Å²) >= 11 is 0. The number of ether oxygens (including phenoxy) is 1. The standard InChI is InChI=1S/C12H18N2O4S/c1-2-19(16,17)5-3-4-18-12(15)9-6-10(13)8-11(14)7-9/h6-8H,2-5,13-14H2,1H3. The molecule has 0 spiro atoms. The third-order valence-corrected chi connectivity index (χ3v) is 4.28. The Balaban J connectivity index is 2.48. The molecule has 0 fully saturated rings. The summed E-state index contributed by atoms with van der Waals surface area (Å²) in [6, 6.07) is 4.45. The van der Waals surface area contributed by atoms with E-state index in [1.54, 1.807) is 6.92 Å². The highest BCUT2D eigenvalue weighted by atomic mass is 32.2. The van der Waals surface area contributed by atoms with Crippen molar-refractivity contribution in [1.29, 1.82) is 0 Å². The fourth-order valence-corrected chi connectivity index (χ4v) is 2.31. The van der Waals surface area contributed by atoms with Gasteiger partial charge in [-0.2, -0.15) is 0 Å². The Hall–Kier alpha value is -1.76. The molecule has 0 saturated heterocycles. The molecule has 0 atom stereocenters. The molecule has 0 aliphatic heterocycles. The van der Waals surface area contributed by atoms with Gasteiger partial charge in [0.1, 0.15) is 9.84 Å². The van der Waals surface area contributed by atoms with Crippen LogP contribution in [0.4, 0.5) is 11.4 Å². The second-order valence-electron chi connectivity index (χ2n) is 4.11. The van der Waals surface area contributed by atoms with E-state index in [1.807, 2.05) is 0 Å². The van der Waals surface area contributed by atoms with Crippen molar-refractivity contribution in [3.8, 4) is 0 Å². The molecule has 0 aromatic heterocycles. The molecule has 1 aromatic rings. The lowest BCUT2D eigenvalue weighted by atomic mass is 10.2. The van der Waals surface area contributed by atoms with Crippen molar-refractivity contribution < 1.29 is 17.9 Å². The summed E-state index contributed by atoms with van der Waals surface area (Å²) in [5.41, 5.74) is 12.1. The van der Waals surface area contributed by atoms with Gasteiger partial charge >= 0.3 is 5.97 Å². The normalized spacial score (nSPS) is 11.2. The third-order valence-electron chi connectivity index (χ3n) is 2.49. The van der Waals surface area contributed by atoms with Gasteiger partial charge in [0.2, 0.25) is 0 Å². The first-order chi connectivity index (χ1) is 8.84. The Morgan fingerprint density at radius 1 is 1.21 bits per heavy atom. The average molecular weight is 286 g/mol. The molecule has 19 heavy (non-hydrogen) atoms. The lowest BCUT2D eigenvalue weighted by molar-refractivity contribution is 0.0506. The predicted octanol–water partition coefficient (Wildman–Crippen LogP) is 0.833. The number of nitrogen functional groups attached to an aromatic ring is 2. The summed E-state index contributed by atoms with van der Waals surface area (Å²) in [7, 11) is -3.03. The Kier molecular flexibility index (Phi) is 5.17. The van der Waals surface area contributed by atoms with E-state index in [0.29, 0.717) is 11.4 Å². The molecule has 7 heteroatoms. The Bertz CT molecular complexity index is 535. The summed E-state index contributed by atoms with van der Waals surface area (Å²) in [6.07, 6.45) is 0.277. The number of rotatable bonds is 6. The van der Waals surface area contributed by atoms with Crippen molar-refractivity contribution in [3.05, 3.63) is 23.8 Å². The van der Waals surface area contributed by atoms with Crippen LogP contribution in [0, 0.1) is 0 Å². The molecule has 6 nitrogen and oxygen atoms in total. The quantitative estimate of drug-likeness (QED) is 0.455. The maximum atomic E-state index is 11.7. The van der Waals surface area contributed by atoms with Crippen LogP contribution in [0.1, 0.15) is 23.7 Å². The van der Waals surface area contributed by atoms with Crippen molar-refractivity contribution in [1.82, 2.24) is 0 Å². The molecule has 0 unspecified atom stereocenters. The van der Waals surface area contributed by atoms with Crippen LogP contribution >= 0.6 is 0 Å². The predicted molar refractivity (Wildman–Crippen MR) is 74.5 cm³/mol. The molecule has 0 aliphatic rings. The Morgan fingerprint density at radius 2 is 1.79 bits per heavy atom. The minimum Gasteiger partial charge on any atom is -0.462 e. The minimum atomic E-state index is -3.03. The van der Waals surface area contributed by atoms with Gasteiger partial charge in [-0.15, -0.1) is 0 Å². The third kappa shape index (κ3) is 5.17. The summed E-state index contributed by atoms with van der Waals surface area (Å²) in [4.78, 5) is 11.7. The number of hydrogen-bond donors (Lipinski definition) is 2. The molecule has 0 aliphatic carbocycles. The van der Waals surface area contributed by atoms with Gasteiger partial charge in [0.15, 0.2) is 0 Å². The van der Waals surface area contributed by atoms with Crippen LogP contribution in [-0.4, -0.2) is 32.5 Å². The summed E-state index contributed by atoms with van der Waals surface area (Å²) in [5, 5.41) is 0. The first-order valence-electron chi connectivity index (χ1n) is 5.87. The number of hydrogen-bond acceptors (Lipinski definition) is 6. The SMILES string of the molecule is CCS(=O)(=O)CCCOC(=O)c1cc(N)cc(N)c1. The van der Waals surface area contributed by atoms with Crippen molar-refractivity contribution in [2.75, 3.05) is 29.6 Å². The largest absolute Gasteiger partial charge is 0.462 e. The number of carbonyl (C=O) groups excluding carboxylic acids is 1. The van der Waals surface area contributed by atoms with Gasteiger partial charge in [-0.3, -0.25) is 0 Å². The second kappa shape index (κ2) is 6.42. The van der Waals surface area contributed by atoms with E-state index in [1.165, 1.54) is 18.2 Å². The number of esters is 1. The monoisotopic (exact) mass is 286 g/mol. The average Bonchev–Trinajstić information content (AvgIpc) is 2.33. The van der Waals surface area contributed by atoms with Crippen LogP contribution in [0.15, 0.2) is 18.2 Å². The van der Waals surface area contributed by atoms with E-state index in [0.717, 1.165) is 0 Å². The maximum absolute atomic E-state index is 11.7. The smallest absolute Gasteiger partial charge is 0.338 e. The van der Waals surface area contributed by atoms with Gasteiger partial charge < -0.3 is 16.2 Å². The molecule has 1 aromatic carbocycles. The van der Waals surface area contributed by atoms with Crippen LogP contribution < -0.4 is 11.5 Å². The molecular weight excluding hydrogens is 268 g/mol. The van der Waals surface area contributed by atoms with Crippen LogP contribution in [0.25, 0.3) is 0 Å². The number of anilines is 2. The van der Waals surface area contributed by atoms with Crippen molar-refractivity contribution >= 4 is 27.2 Å². The number of carbonyl (C=O) groups is 1. The zero-order valence-corrected chi connectivity index (χ0v) is 11.6. The van der Waals surface area contributed by atoms with E-state index in [4.69, 9.17) is 16.2 Å². The first-order valence-corrected chi connectivity index (χ1v) is 7.70. The van der Waals surface area contributed by atoms with Gasteiger partial charge in [0.05, 0.1) is 17.9 Å². The number of sulfone groups is 1. The van der Waals surface area contributed by atoms with E-state index in [9.17, 15) is 13.2 Å². The molecule has 0 heterocycles. The van der Waals surface area contributed by atoms with Gasteiger partial charge in [-0.1, -0.05) is 6.92 Å². The topological polar surface area (TPSA) is 112 Å². The van der Waals surface area contributed by atoms with Crippen molar-refractivity contribution in [2.45, 2.75) is 13.3 Å². The highest BCUT2D eigenvalue weighted by Crippen LogP contribution is 2.14. The summed E-state index contributed by atoms with van der Waals surface area (Å²) in [6.45, 7) is 1.63. The number of nitrogens with two attached hydrogens (primary N) is 2. The highest BCUT2D eigenvalue weighted by Gasteiger charge is 2.10. The highest BCUT2D eigenvalue weighted by molar-refractivity contribution is 7.91. The van der Waals surface area contributed by atoms with Gasteiger partial charge in [0.25, 0.3) is 0 Å². The molecule has 0 radical (unpaired) electrons. The van der Waals surface area contributed by atoms with Gasteiger partial charge in [0, 0.05) is 17.1 Å². The molecular formula is C12H18N2O4S. The van der Waals surface area contributed by atoms with E-state index >= 15 is 0 Å². The Labute approximate surface area is 112 Å². The first kappa shape index (κ1) is 15.3.